The Kier molecular flexibility index (Phi) is 9.57. The third-order valence-electron chi connectivity index (χ3n) is 10.0. The third-order valence-corrected chi connectivity index (χ3v) is 12.2. The van der Waals surface area contributed by atoms with Gasteiger partial charge >= 0.3 is 0 Å². The molecule has 3 heterocycles. The minimum absolute atomic E-state index is 0.123. The number of fused-ring (bicyclic) bond motifs is 3. The minimum atomic E-state index is -4.02. The van der Waals surface area contributed by atoms with Gasteiger partial charge in [0.1, 0.15) is 12.4 Å². The number of hydrogen-bond donors (Lipinski definition) is 2. The Hall–Kier alpha value is -2.59. The number of aryl methyl sites for hydroxylation is 1. The molecule has 0 aromatic heterocycles. The summed E-state index contributed by atoms with van der Waals surface area (Å²) >= 11 is 6.32. The van der Waals surface area contributed by atoms with E-state index in [1.807, 2.05) is 37.3 Å². The number of carbonyl (C=O) groups is 1. The topological polar surface area (TPSA) is 105 Å². The van der Waals surface area contributed by atoms with Crippen LogP contribution in [0.2, 0.25) is 5.02 Å². The van der Waals surface area contributed by atoms with Crippen LogP contribution in [0.5, 0.6) is 5.75 Å². The number of carbonyl (C=O) groups excluding carboxylic acids is 1. The fraction of sp³-hybridized carbons (Fsp3) is 0.559. The Bertz CT molecular complexity index is 1490. The van der Waals surface area contributed by atoms with E-state index >= 15 is 0 Å². The molecule has 4 aliphatic rings. The average Bonchev–Trinajstić information content (AvgIpc) is 2.96. The maximum atomic E-state index is 13.7. The maximum Gasteiger partial charge on any atom is 0.264 e. The number of rotatable bonds is 2. The second kappa shape index (κ2) is 13.4. The highest BCUT2D eigenvalue weighted by molar-refractivity contribution is 7.90. The molecule has 6 rings (SSSR count). The number of nitrogens with one attached hydrogen (secondary N) is 1. The molecule has 2 aromatic rings. The Balaban J connectivity index is 1.37. The van der Waals surface area contributed by atoms with E-state index in [4.69, 9.17) is 21.1 Å². The molecule has 8 nitrogen and oxygen atoms in total. The van der Waals surface area contributed by atoms with Crippen molar-refractivity contribution in [1.29, 1.82) is 0 Å². The number of aliphatic hydroxyl groups is 1. The van der Waals surface area contributed by atoms with E-state index in [-0.39, 0.29) is 29.4 Å². The first-order chi connectivity index (χ1) is 21.2. The van der Waals surface area contributed by atoms with E-state index in [2.05, 4.69) is 9.62 Å². The summed E-state index contributed by atoms with van der Waals surface area (Å²) in [6.45, 7) is 4.32. The van der Waals surface area contributed by atoms with E-state index in [1.54, 1.807) is 18.2 Å². The molecule has 1 amide bonds. The SMILES string of the molecule is C[C@H]1C/C=C\[C@H](O)[C@@H]2CC[C@H]2CN2CCCCc3cc(Cl)ccc3COc3ccc(cc32)C(=O)NS(=O)(=O)[C@@H]1C[C@@H]1CCO1. The first-order valence-corrected chi connectivity index (χ1v) is 17.9. The van der Waals surface area contributed by atoms with Gasteiger partial charge in [0.2, 0.25) is 10.0 Å². The Morgan fingerprint density at radius 3 is 2.68 bits per heavy atom. The van der Waals surface area contributed by atoms with E-state index in [0.717, 1.165) is 56.3 Å². The lowest BCUT2D eigenvalue weighted by Gasteiger charge is -2.42. The summed E-state index contributed by atoms with van der Waals surface area (Å²) in [7, 11) is -4.02. The number of nitrogens with zero attached hydrogens (tertiary/aromatic N) is 1. The van der Waals surface area contributed by atoms with Crippen molar-refractivity contribution in [2.75, 3.05) is 24.6 Å². The van der Waals surface area contributed by atoms with Crippen LogP contribution in [-0.4, -0.2) is 56.6 Å². The molecular weight excluding hydrogens is 600 g/mol. The Morgan fingerprint density at radius 2 is 1.93 bits per heavy atom. The van der Waals surface area contributed by atoms with Crippen LogP contribution in [-0.2, 0) is 27.8 Å². The van der Waals surface area contributed by atoms with Crippen LogP contribution < -0.4 is 14.4 Å². The lowest BCUT2D eigenvalue weighted by Crippen LogP contribution is -2.45. The lowest BCUT2D eigenvalue weighted by molar-refractivity contribution is -0.0564. The summed E-state index contributed by atoms with van der Waals surface area (Å²) in [6.07, 6.45) is 9.36. The monoisotopic (exact) mass is 642 g/mol. The van der Waals surface area contributed by atoms with E-state index in [0.29, 0.717) is 43.4 Å². The van der Waals surface area contributed by atoms with Gasteiger partial charge in [-0.3, -0.25) is 4.79 Å². The van der Waals surface area contributed by atoms with Gasteiger partial charge in [-0.15, -0.1) is 0 Å². The summed E-state index contributed by atoms with van der Waals surface area (Å²) in [5, 5.41) is 11.1. The van der Waals surface area contributed by atoms with Crippen molar-refractivity contribution in [3.63, 3.8) is 0 Å². The molecular formula is C34H43ClN2O6S. The van der Waals surface area contributed by atoms with Crippen LogP contribution in [0.4, 0.5) is 5.69 Å². The zero-order valence-corrected chi connectivity index (χ0v) is 26.9. The second-order valence-corrected chi connectivity index (χ2v) is 15.3. The number of allylic oxidation sites excluding steroid dienone is 1. The predicted molar refractivity (Wildman–Crippen MR) is 172 cm³/mol. The molecule has 44 heavy (non-hydrogen) atoms. The highest BCUT2D eigenvalue weighted by Crippen LogP contribution is 2.41. The second-order valence-electron chi connectivity index (χ2n) is 13.0. The molecule has 238 valence electrons. The van der Waals surface area contributed by atoms with Crippen LogP contribution in [0.3, 0.4) is 0 Å². The van der Waals surface area contributed by atoms with Crippen molar-refractivity contribution in [1.82, 2.24) is 4.72 Å². The smallest absolute Gasteiger partial charge is 0.264 e. The molecule has 2 bridgehead atoms. The standard InChI is InChI=1S/C34H43ClN2O6S/c1-22-5-4-7-31(38)29-12-9-25(29)20-37-15-3-2-6-23-17-27(35)11-8-26(23)21-43-32-13-10-24(18-30(32)37)34(39)36-44(40,41)33(22)19-28-14-16-42-28/h4,7-8,10-11,13,17-18,22,25,28-29,31,33,38H,2-3,5-6,9,12,14-16,19-21H2,1H3,(H,36,39)/b7-4-/t22-,25-,28-,29+,31-,33+/m0/s1. The number of amides is 1. The molecule has 2 N–H and O–H groups in total. The van der Waals surface area contributed by atoms with Crippen molar-refractivity contribution in [3.8, 4) is 5.75 Å². The van der Waals surface area contributed by atoms with Crippen LogP contribution in [0.25, 0.3) is 0 Å². The molecule has 1 saturated carbocycles. The Morgan fingerprint density at radius 1 is 1.09 bits per heavy atom. The molecule has 6 atom stereocenters. The number of halogens is 1. The average molecular weight is 643 g/mol. The summed E-state index contributed by atoms with van der Waals surface area (Å²) in [5.74, 6) is 0.131. The third kappa shape index (κ3) is 6.96. The van der Waals surface area contributed by atoms with Crippen molar-refractivity contribution >= 4 is 33.2 Å². The van der Waals surface area contributed by atoms with Gasteiger partial charge in [0.05, 0.1) is 23.1 Å². The quantitative estimate of drug-likeness (QED) is 0.408. The van der Waals surface area contributed by atoms with Crippen molar-refractivity contribution < 1.29 is 27.8 Å². The summed E-state index contributed by atoms with van der Waals surface area (Å²) in [5.41, 5.74) is 3.28. The lowest BCUT2D eigenvalue weighted by atomic mass is 9.70. The van der Waals surface area contributed by atoms with E-state index < -0.39 is 27.3 Å². The molecule has 2 aromatic carbocycles. The van der Waals surface area contributed by atoms with Crippen molar-refractivity contribution in [2.24, 2.45) is 17.8 Å². The first kappa shape index (κ1) is 31.4. The zero-order chi connectivity index (χ0) is 30.8. The van der Waals surface area contributed by atoms with Gasteiger partial charge < -0.3 is 19.5 Å². The van der Waals surface area contributed by atoms with Gasteiger partial charge in [-0.1, -0.05) is 36.7 Å². The van der Waals surface area contributed by atoms with E-state index in [1.165, 1.54) is 5.56 Å². The molecule has 10 heteroatoms. The van der Waals surface area contributed by atoms with Gasteiger partial charge in [-0.05, 0) is 111 Å². The minimum Gasteiger partial charge on any atom is -0.487 e. The van der Waals surface area contributed by atoms with Crippen molar-refractivity contribution in [3.05, 3.63) is 70.3 Å². The van der Waals surface area contributed by atoms with Crippen LogP contribution in [0.1, 0.15) is 73.4 Å². The largest absolute Gasteiger partial charge is 0.487 e. The molecule has 0 unspecified atom stereocenters. The highest BCUT2D eigenvalue weighted by Gasteiger charge is 2.39. The number of sulfonamides is 1. The number of aliphatic hydroxyl groups excluding tert-OH is 1. The predicted octanol–water partition coefficient (Wildman–Crippen LogP) is 5.65. The fourth-order valence-electron chi connectivity index (χ4n) is 7.02. The molecule has 3 aliphatic heterocycles. The molecule has 1 aliphatic carbocycles. The Labute approximate surface area is 265 Å². The summed E-state index contributed by atoms with van der Waals surface area (Å²) in [6, 6.07) is 11.1. The van der Waals surface area contributed by atoms with Crippen molar-refractivity contribution in [2.45, 2.75) is 82.4 Å². The first-order valence-electron chi connectivity index (χ1n) is 16.0. The van der Waals surface area contributed by atoms with Gasteiger partial charge in [-0.2, -0.15) is 0 Å². The van der Waals surface area contributed by atoms with Gasteiger partial charge in [-0.25, -0.2) is 13.1 Å². The molecule has 2 fully saturated rings. The molecule has 0 radical (unpaired) electrons. The van der Waals surface area contributed by atoms with Gasteiger partial charge in [0.15, 0.2) is 0 Å². The number of benzene rings is 2. The van der Waals surface area contributed by atoms with Crippen LogP contribution in [0, 0.1) is 17.8 Å². The maximum absolute atomic E-state index is 13.7. The number of hydrogen-bond acceptors (Lipinski definition) is 7. The molecule has 1 saturated heterocycles. The van der Waals surface area contributed by atoms with Gasteiger partial charge in [0, 0.05) is 30.3 Å². The summed E-state index contributed by atoms with van der Waals surface area (Å²) in [4.78, 5) is 15.9. The number of anilines is 1. The molecule has 0 spiro atoms. The summed E-state index contributed by atoms with van der Waals surface area (Å²) < 4.78 is 41.8. The van der Waals surface area contributed by atoms with Gasteiger partial charge in [0.25, 0.3) is 5.91 Å². The van der Waals surface area contributed by atoms with E-state index in [9.17, 15) is 18.3 Å². The highest BCUT2D eigenvalue weighted by atomic mass is 35.5. The zero-order valence-electron chi connectivity index (χ0n) is 25.3. The van der Waals surface area contributed by atoms with Crippen LogP contribution >= 0.6 is 11.6 Å². The fourth-order valence-corrected chi connectivity index (χ4v) is 8.93. The normalized spacial score (nSPS) is 31.4. The van der Waals surface area contributed by atoms with Crippen LogP contribution in [0.15, 0.2) is 48.6 Å². The number of ether oxygens (including phenoxy) is 2.